The van der Waals surface area contributed by atoms with Crippen LogP contribution in [0.4, 0.5) is 5.82 Å². The van der Waals surface area contributed by atoms with Crippen molar-refractivity contribution < 1.29 is 9.90 Å². The predicted octanol–water partition coefficient (Wildman–Crippen LogP) is 1.69. The topological polar surface area (TPSA) is 73.4 Å². The van der Waals surface area contributed by atoms with Crippen molar-refractivity contribution in [1.82, 2.24) is 4.98 Å². The van der Waals surface area contributed by atoms with Crippen LogP contribution >= 0.6 is 0 Å². The van der Waals surface area contributed by atoms with Gasteiger partial charge in [-0.05, 0) is 23.4 Å². The minimum absolute atomic E-state index is 0.0717. The molecule has 3 rings (SSSR count). The second kappa shape index (κ2) is 4.67. The molecule has 2 N–H and O–H groups in total. The van der Waals surface area contributed by atoms with Gasteiger partial charge in [0.05, 0.1) is 5.92 Å². The summed E-state index contributed by atoms with van der Waals surface area (Å²) in [5, 5.41) is 10.7. The number of aromatic nitrogens is 1. The number of aliphatic carboxylic acids is 1. The molecule has 5 heteroatoms. The third-order valence-electron chi connectivity index (χ3n) is 4.01. The fourth-order valence-corrected chi connectivity index (χ4v) is 2.85. The van der Waals surface area contributed by atoms with E-state index in [1.807, 2.05) is 36.1 Å². The molecule has 20 heavy (non-hydrogen) atoms. The monoisotopic (exact) mass is 272 g/mol. The summed E-state index contributed by atoms with van der Waals surface area (Å²) in [7, 11) is 0. The van der Waals surface area contributed by atoms with Crippen LogP contribution in [-0.2, 0) is 4.79 Å². The first-order chi connectivity index (χ1) is 9.56. The first kappa shape index (κ1) is 12.7. The predicted molar refractivity (Wildman–Crippen MR) is 77.1 cm³/mol. The zero-order valence-corrected chi connectivity index (χ0v) is 11.2. The zero-order chi connectivity index (χ0) is 14.3. The zero-order valence-electron chi connectivity index (χ0n) is 11.2. The van der Waals surface area contributed by atoms with E-state index in [4.69, 9.17) is 0 Å². The first-order valence-corrected chi connectivity index (χ1v) is 6.66. The summed E-state index contributed by atoms with van der Waals surface area (Å²) in [6.07, 6.45) is 0. The van der Waals surface area contributed by atoms with Gasteiger partial charge in [0, 0.05) is 18.5 Å². The van der Waals surface area contributed by atoms with Crippen molar-refractivity contribution in [2.45, 2.75) is 6.92 Å². The molecule has 2 atom stereocenters. The highest BCUT2D eigenvalue weighted by Crippen LogP contribution is 2.27. The molecule has 1 fully saturated rings. The van der Waals surface area contributed by atoms with Crippen LogP contribution in [0.25, 0.3) is 10.8 Å². The van der Waals surface area contributed by atoms with E-state index in [9.17, 15) is 14.7 Å². The van der Waals surface area contributed by atoms with Crippen molar-refractivity contribution in [1.29, 1.82) is 0 Å². The van der Waals surface area contributed by atoms with E-state index in [1.165, 1.54) is 0 Å². The van der Waals surface area contributed by atoms with Gasteiger partial charge in [-0.2, -0.15) is 0 Å². The maximum atomic E-state index is 12.1. The summed E-state index contributed by atoms with van der Waals surface area (Å²) in [5.41, 5.74) is -0.135. The molecule has 104 valence electrons. The lowest BCUT2D eigenvalue weighted by atomic mass is 9.99. The van der Waals surface area contributed by atoms with Crippen LogP contribution in [0.3, 0.4) is 0 Å². The molecule has 0 saturated carbocycles. The Kier molecular flexibility index (Phi) is 2.97. The van der Waals surface area contributed by atoms with Crippen molar-refractivity contribution in [3.8, 4) is 0 Å². The van der Waals surface area contributed by atoms with E-state index in [0.717, 1.165) is 5.39 Å². The number of aromatic amines is 1. The highest BCUT2D eigenvalue weighted by molar-refractivity contribution is 5.84. The summed E-state index contributed by atoms with van der Waals surface area (Å²) in [6, 6.07) is 9.30. The Hall–Kier alpha value is -2.30. The van der Waals surface area contributed by atoms with Crippen LogP contribution in [0.15, 0.2) is 35.1 Å². The molecule has 0 spiro atoms. The van der Waals surface area contributed by atoms with Gasteiger partial charge in [0.15, 0.2) is 0 Å². The van der Waals surface area contributed by atoms with E-state index < -0.39 is 5.97 Å². The van der Waals surface area contributed by atoms with Crippen molar-refractivity contribution >= 4 is 22.6 Å². The first-order valence-electron chi connectivity index (χ1n) is 6.66. The average molecular weight is 272 g/mol. The number of fused-ring (bicyclic) bond motifs is 1. The van der Waals surface area contributed by atoms with Crippen molar-refractivity contribution in [2.75, 3.05) is 18.0 Å². The van der Waals surface area contributed by atoms with Gasteiger partial charge in [0.25, 0.3) is 5.56 Å². The third-order valence-corrected chi connectivity index (χ3v) is 4.01. The number of carboxylic acid groups (broad SMARTS) is 1. The molecule has 1 aliphatic rings. The van der Waals surface area contributed by atoms with Crippen LogP contribution < -0.4 is 10.5 Å². The summed E-state index contributed by atoms with van der Waals surface area (Å²) in [5.74, 6) is -0.389. The molecular formula is C15H16N2O3. The van der Waals surface area contributed by atoms with Gasteiger partial charge in [-0.15, -0.1) is 0 Å². The van der Waals surface area contributed by atoms with Crippen LogP contribution in [0.2, 0.25) is 0 Å². The number of hydrogen-bond acceptors (Lipinski definition) is 3. The molecule has 0 amide bonds. The Labute approximate surface area is 115 Å². The molecule has 1 saturated heterocycles. The fraction of sp³-hybridized carbons (Fsp3) is 0.333. The lowest BCUT2D eigenvalue weighted by Crippen LogP contribution is -2.25. The fourth-order valence-electron chi connectivity index (χ4n) is 2.85. The highest BCUT2D eigenvalue weighted by Gasteiger charge is 2.35. The Bertz CT molecular complexity index is 722. The number of nitrogens with zero attached hydrogens (tertiary/aromatic N) is 1. The maximum Gasteiger partial charge on any atom is 0.308 e. The highest BCUT2D eigenvalue weighted by atomic mass is 16.4. The molecule has 5 nitrogen and oxygen atoms in total. The molecule has 2 heterocycles. The number of carbonyl (C=O) groups is 1. The normalized spacial score (nSPS) is 22.4. The summed E-state index contributed by atoms with van der Waals surface area (Å²) in [6.45, 7) is 3.01. The second-order valence-electron chi connectivity index (χ2n) is 5.40. The van der Waals surface area contributed by atoms with Gasteiger partial charge in [0.1, 0.15) is 5.82 Å². The van der Waals surface area contributed by atoms with E-state index in [-0.39, 0.29) is 17.4 Å². The van der Waals surface area contributed by atoms with Crippen LogP contribution in [-0.4, -0.2) is 29.1 Å². The molecule has 0 bridgehead atoms. The van der Waals surface area contributed by atoms with Gasteiger partial charge in [-0.25, -0.2) is 0 Å². The number of carboxylic acids is 1. The van der Waals surface area contributed by atoms with Crippen LogP contribution in [0.5, 0.6) is 0 Å². The smallest absolute Gasteiger partial charge is 0.308 e. The van der Waals surface area contributed by atoms with Crippen molar-refractivity contribution in [3.63, 3.8) is 0 Å². The Balaban J connectivity index is 2.00. The number of rotatable bonds is 2. The second-order valence-corrected chi connectivity index (χ2v) is 5.40. The van der Waals surface area contributed by atoms with E-state index in [2.05, 4.69) is 4.98 Å². The SMILES string of the molecule is C[C@@H]1CN(c2cc3ccccc3c(=O)[nH]2)C[C@H]1C(=O)O. The van der Waals surface area contributed by atoms with E-state index in [0.29, 0.717) is 24.3 Å². The average Bonchev–Trinajstić information content (AvgIpc) is 2.81. The molecule has 1 aliphatic heterocycles. The lowest BCUT2D eigenvalue weighted by molar-refractivity contribution is -0.142. The molecule has 0 radical (unpaired) electrons. The number of benzene rings is 1. The minimum atomic E-state index is -0.775. The molecule has 0 aliphatic carbocycles. The Morgan fingerprint density at radius 2 is 2.10 bits per heavy atom. The van der Waals surface area contributed by atoms with Gasteiger partial charge in [-0.3, -0.25) is 9.59 Å². The molecule has 0 unspecified atom stereocenters. The Morgan fingerprint density at radius 1 is 1.35 bits per heavy atom. The molecule has 1 aromatic carbocycles. The third kappa shape index (κ3) is 2.05. The van der Waals surface area contributed by atoms with Crippen molar-refractivity contribution in [3.05, 3.63) is 40.7 Å². The molecule has 2 aromatic rings. The number of pyridine rings is 1. The number of hydrogen-bond donors (Lipinski definition) is 2. The minimum Gasteiger partial charge on any atom is -0.481 e. The maximum absolute atomic E-state index is 12.1. The molecule has 1 aromatic heterocycles. The van der Waals surface area contributed by atoms with E-state index >= 15 is 0 Å². The van der Waals surface area contributed by atoms with Gasteiger partial charge >= 0.3 is 5.97 Å². The van der Waals surface area contributed by atoms with Crippen molar-refractivity contribution in [2.24, 2.45) is 11.8 Å². The molecular weight excluding hydrogens is 256 g/mol. The number of nitrogens with one attached hydrogen (secondary N) is 1. The summed E-state index contributed by atoms with van der Waals surface area (Å²) in [4.78, 5) is 28.0. The standard InChI is InChI=1S/C15H16N2O3/c1-9-7-17(8-12(9)15(19)20)13-6-10-4-2-3-5-11(10)14(18)16-13/h2-6,9,12H,7-8H2,1H3,(H,16,18)(H,19,20)/t9-,12-/m1/s1. The van der Waals surface area contributed by atoms with Gasteiger partial charge < -0.3 is 15.0 Å². The number of anilines is 1. The van der Waals surface area contributed by atoms with Crippen LogP contribution in [0, 0.1) is 11.8 Å². The lowest BCUT2D eigenvalue weighted by Gasteiger charge is -2.18. The number of H-pyrrole nitrogens is 1. The summed E-state index contributed by atoms with van der Waals surface area (Å²) < 4.78 is 0. The van der Waals surface area contributed by atoms with Crippen LogP contribution in [0.1, 0.15) is 6.92 Å². The summed E-state index contributed by atoms with van der Waals surface area (Å²) >= 11 is 0. The van der Waals surface area contributed by atoms with E-state index in [1.54, 1.807) is 6.07 Å². The quantitative estimate of drug-likeness (QED) is 0.872. The largest absolute Gasteiger partial charge is 0.481 e. The van der Waals surface area contributed by atoms with Gasteiger partial charge in [0.2, 0.25) is 0 Å². The Morgan fingerprint density at radius 3 is 2.80 bits per heavy atom. The van der Waals surface area contributed by atoms with Gasteiger partial charge in [-0.1, -0.05) is 25.1 Å².